The first kappa shape index (κ1) is 17.0. The van der Waals surface area contributed by atoms with Crippen LogP contribution in [-0.4, -0.2) is 30.1 Å². The number of hydrogen-bond acceptors (Lipinski definition) is 3. The Morgan fingerprint density at radius 3 is 2.57 bits per heavy atom. The summed E-state index contributed by atoms with van der Waals surface area (Å²) in [6.07, 6.45) is 1.32. The van der Waals surface area contributed by atoms with Crippen LogP contribution in [0.1, 0.15) is 43.5 Å². The lowest BCUT2D eigenvalue weighted by Crippen LogP contribution is -2.23. The molecule has 0 aliphatic heterocycles. The molecule has 3 N–H and O–H groups in total. The van der Waals surface area contributed by atoms with Crippen molar-refractivity contribution in [2.24, 2.45) is 5.92 Å². The fourth-order valence-electron chi connectivity index (χ4n) is 2.07. The zero-order valence-corrected chi connectivity index (χ0v) is 12.7. The van der Waals surface area contributed by atoms with Gasteiger partial charge < -0.3 is 15.7 Å². The molecule has 1 rings (SSSR count). The largest absolute Gasteiger partial charge is 0.465 e. The monoisotopic (exact) mass is 292 g/mol. The fraction of sp³-hybridized carbons (Fsp3) is 0.500. The van der Waals surface area contributed by atoms with Gasteiger partial charge >= 0.3 is 6.09 Å². The van der Waals surface area contributed by atoms with Crippen molar-refractivity contribution >= 4 is 17.6 Å². The standard InChI is InChI=1S/C16H24N2O3/c1-3-12(4-2)11-18-14-7-5-6-13(10-14)15(19)8-9-17-16(20)21/h5-7,10,12,17-18H,3-4,8-9,11H2,1-2H3,(H,20,21). The number of carbonyl (C=O) groups excluding carboxylic acids is 1. The van der Waals surface area contributed by atoms with Crippen LogP contribution in [0, 0.1) is 5.92 Å². The van der Waals surface area contributed by atoms with E-state index in [0.717, 1.165) is 25.1 Å². The molecule has 1 aromatic rings. The molecule has 0 radical (unpaired) electrons. The third-order valence-electron chi connectivity index (χ3n) is 3.56. The normalized spacial score (nSPS) is 10.4. The van der Waals surface area contributed by atoms with Crippen molar-refractivity contribution in [2.75, 3.05) is 18.4 Å². The van der Waals surface area contributed by atoms with Crippen LogP contribution in [0.4, 0.5) is 10.5 Å². The SMILES string of the molecule is CCC(CC)CNc1cccc(C(=O)CCNC(=O)O)c1. The lowest BCUT2D eigenvalue weighted by atomic mass is 10.0. The van der Waals surface area contributed by atoms with Crippen molar-refractivity contribution in [3.63, 3.8) is 0 Å². The van der Waals surface area contributed by atoms with Crippen molar-refractivity contribution in [1.29, 1.82) is 0 Å². The summed E-state index contributed by atoms with van der Waals surface area (Å²) in [6, 6.07) is 7.36. The summed E-state index contributed by atoms with van der Waals surface area (Å²) >= 11 is 0. The zero-order chi connectivity index (χ0) is 15.7. The molecule has 1 aromatic carbocycles. The van der Waals surface area contributed by atoms with Crippen LogP contribution < -0.4 is 10.6 Å². The third kappa shape index (κ3) is 6.29. The van der Waals surface area contributed by atoms with E-state index in [1.54, 1.807) is 6.07 Å². The van der Waals surface area contributed by atoms with E-state index in [-0.39, 0.29) is 18.7 Å². The van der Waals surface area contributed by atoms with E-state index >= 15 is 0 Å². The number of nitrogens with one attached hydrogen (secondary N) is 2. The van der Waals surface area contributed by atoms with E-state index in [2.05, 4.69) is 24.5 Å². The molecule has 1 amide bonds. The van der Waals surface area contributed by atoms with Crippen LogP contribution in [0.5, 0.6) is 0 Å². The first-order chi connectivity index (χ1) is 10.1. The zero-order valence-electron chi connectivity index (χ0n) is 12.7. The molecule has 21 heavy (non-hydrogen) atoms. The molecule has 0 heterocycles. The van der Waals surface area contributed by atoms with Gasteiger partial charge in [0.05, 0.1) is 0 Å². The van der Waals surface area contributed by atoms with Crippen LogP contribution in [0.15, 0.2) is 24.3 Å². The van der Waals surface area contributed by atoms with Gasteiger partial charge in [0.1, 0.15) is 0 Å². The van der Waals surface area contributed by atoms with Crippen LogP contribution >= 0.6 is 0 Å². The Morgan fingerprint density at radius 1 is 1.24 bits per heavy atom. The first-order valence-electron chi connectivity index (χ1n) is 7.40. The van der Waals surface area contributed by atoms with Crippen molar-refractivity contribution in [3.05, 3.63) is 29.8 Å². The lowest BCUT2D eigenvalue weighted by Gasteiger charge is -2.14. The molecule has 0 unspecified atom stereocenters. The minimum absolute atomic E-state index is 0.0602. The lowest BCUT2D eigenvalue weighted by molar-refractivity contribution is 0.0983. The smallest absolute Gasteiger partial charge is 0.404 e. The van der Waals surface area contributed by atoms with Gasteiger partial charge in [0.25, 0.3) is 0 Å². The summed E-state index contributed by atoms with van der Waals surface area (Å²) in [4.78, 5) is 22.3. The molecule has 0 saturated carbocycles. The number of ketones is 1. The van der Waals surface area contributed by atoms with E-state index in [1.165, 1.54) is 0 Å². The van der Waals surface area contributed by atoms with Gasteiger partial charge in [-0.25, -0.2) is 4.79 Å². The Hall–Kier alpha value is -2.04. The van der Waals surface area contributed by atoms with E-state index in [9.17, 15) is 9.59 Å². The Morgan fingerprint density at radius 2 is 1.95 bits per heavy atom. The molecule has 0 atom stereocenters. The molecule has 0 aliphatic carbocycles. The predicted octanol–water partition coefficient (Wildman–Crippen LogP) is 3.38. The average molecular weight is 292 g/mol. The van der Waals surface area contributed by atoms with Crippen LogP contribution in [0.25, 0.3) is 0 Å². The fourth-order valence-corrected chi connectivity index (χ4v) is 2.07. The Bertz CT molecular complexity index is 470. The second-order valence-corrected chi connectivity index (χ2v) is 5.05. The molecule has 116 valence electrons. The Balaban J connectivity index is 2.54. The summed E-state index contributed by atoms with van der Waals surface area (Å²) < 4.78 is 0. The van der Waals surface area contributed by atoms with Crippen molar-refractivity contribution in [2.45, 2.75) is 33.1 Å². The van der Waals surface area contributed by atoms with E-state index in [4.69, 9.17) is 5.11 Å². The summed E-state index contributed by atoms with van der Waals surface area (Å²) in [5.41, 5.74) is 1.54. The van der Waals surface area contributed by atoms with Gasteiger partial charge in [-0.3, -0.25) is 4.79 Å². The molecule has 0 aromatic heterocycles. The minimum Gasteiger partial charge on any atom is -0.465 e. The number of anilines is 1. The highest BCUT2D eigenvalue weighted by Crippen LogP contribution is 2.14. The number of Topliss-reactive ketones (excluding diaryl/α,β-unsaturated/α-hetero) is 1. The molecule has 5 nitrogen and oxygen atoms in total. The molecule has 0 saturated heterocycles. The highest BCUT2D eigenvalue weighted by atomic mass is 16.4. The number of carbonyl (C=O) groups is 2. The topological polar surface area (TPSA) is 78.4 Å². The number of carboxylic acid groups (broad SMARTS) is 1. The van der Waals surface area contributed by atoms with Gasteiger partial charge in [0.15, 0.2) is 5.78 Å². The van der Waals surface area contributed by atoms with Crippen LogP contribution in [0.2, 0.25) is 0 Å². The number of benzene rings is 1. The first-order valence-corrected chi connectivity index (χ1v) is 7.40. The second-order valence-electron chi connectivity index (χ2n) is 5.05. The minimum atomic E-state index is -1.11. The number of rotatable bonds is 9. The van der Waals surface area contributed by atoms with Gasteiger partial charge in [-0.1, -0.05) is 38.8 Å². The molecule has 0 spiro atoms. The summed E-state index contributed by atoms with van der Waals surface area (Å²) in [5, 5.41) is 14.0. The van der Waals surface area contributed by atoms with E-state index < -0.39 is 6.09 Å². The third-order valence-corrected chi connectivity index (χ3v) is 3.56. The van der Waals surface area contributed by atoms with Crippen molar-refractivity contribution in [1.82, 2.24) is 5.32 Å². The quantitative estimate of drug-likeness (QED) is 0.610. The average Bonchev–Trinajstić information content (AvgIpc) is 2.48. The summed E-state index contributed by atoms with van der Waals surface area (Å²) in [5.74, 6) is 0.569. The predicted molar refractivity (Wildman–Crippen MR) is 84.0 cm³/mol. The van der Waals surface area contributed by atoms with E-state index in [1.807, 2.05) is 18.2 Å². The van der Waals surface area contributed by atoms with Crippen molar-refractivity contribution < 1.29 is 14.7 Å². The maximum atomic E-state index is 12.0. The highest BCUT2D eigenvalue weighted by molar-refractivity contribution is 5.97. The van der Waals surface area contributed by atoms with Crippen LogP contribution in [-0.2, 0) is 0 Å². The molecular weight excluding hydrogens is 268 g/mol. The maximum absolute atomic E-state index is 12.0. The number of amides is 1. The second kappa shape index (κ2) is 9.00. The molecule has 0 fully saturated rings. The van der Waals surface area contributed by atoms with Crippen LogP contribution in [0.3, 0.4) is 0 Å². The number of hydrogen-bond donors (Lipinski definition) is 3. The maximum Gasteiger partial charge on any atom is 0.404 e. The molecule has 0 aliphatic rings. The van der Waals surface area contributed by atoms with Gasteiger partial charge in [-0.05, 0) is 18.1 Å². The van der Waals surface area contributed by atoms with Gasteiger partial charge in [-0.15, -0.1) is 0 Å². The van der Waals surface area contributed by atoms with E-state index in [0.29, 0.717) is 11.5 Å². The summed E-state index contributed by atoms with van der Waals surface area (Å²) in [6.45, 7) is 5.38. The molecule has 5 heteroatoms. The van der Waals surface area contributed by atoms with Gasteiger partial charge in [0, 0.05) is 30.8 Å². The van der Waals surface area contributed by atoms with Crippen molar-refractivity contribution in [3.8, 4) is 0 Å². The van der Waals surface area contributed by atoms with Gasteiger partial charge in [-0.2, -0.15) is 0 Å². The molecule has 0 bridgehead atoms. The highest BCUT2D eigenvalue weighted by Gasteiger charge is 2.08. The summed E-state index contributed by atoms with van der Waals surface area (Å²) in [7, 11) is 0. The Labute approximate surface area is 125 Å². The molecular formula is C16H24N2O3. The van der Waals surface area contributed by atoms with Gasteiger partial charge in [0.2, 0.25) is 0 Å². The Kier molecular flexibility index (Phi) is 7.29.